The average molecular weight is 375 g/mol. The number of piperazine rings is 1. The SMILES string of the molecule is O=C(O)[C@H]1[C@@H](C(=O)N2CCN(Cc3ccccc3Cl)CC2)[C@H]2C=C[C@H]1C2. The number of hydrogen-bond acceptors (Lipinski definition) is 3. The van der Waals surface area contributed by atoms with Crippen molar-refractivity contribution in [3.05, 3.63) is 47.0 Å². The maximum absolute atomic E-state index is 13.0. The van der Waals surface area contributed by atoms with Crippen molar-refractivity contribution in [1.82, 2.24) is 9.80 Å². The van der Waals surface area contributed by atoms with Crippen molar-refractivity contribution in [2.75, 3.05) is 26.2 Å². The molecule has 0 radical (unpaired) electrons. The van der Waals surface area contributed by atoms with Crippen molar-refractivity contribution in [3.63, 3.8) is 0 Å². The topological polar surface area (TPSA) is 60.9 Å². The van der Waals surface area contributed by atoms with Gasteiger partial charge >= 0.3 is 5.97 Å². The molecule has 2 fully saturated rings. The third-order valence-corrected chi connectivity index (χ3v) is 6.43. The summed E-state index contributed by atoms with van der Waals surface area (Å²) in [5.41, 5.74) is 1.10. The van der Waals surface area contributed by atoms with E-state index in [0.29, 0.717) is 13.1 Å². The van der Waals surface area contributed by atoms with Gasteiger partial charge in [-0.25, -0.2) is 0 Å². The smallest absolute Gasteiger partial charge is 0.307 e. The summed E-state index contributed by atoms with van der Waals surface area (Å²) >= 11 is 6.24. The molecule has 0 aromatic heterocycles. The molecule has 1 aromatic rings. The highest BCUT2D eigenvalue weighted by Crippen LogP contribution is 2.48. The van der Waals surface area contributed by atoms with E-state index in [-0.39, 0.29) is 17.7 Å². The molecule has 2 bridgehead atoms. The highest BCUT2D eigenvalue weighted by molar-refractivity contribution is 6.31. The molecule has 1 saturated carbocycles. The van der Waals surface area contributed by atoms with Gasteiger partial charge in [-0.1, -0.05) is 42.0 Å². The molecule has 3 aliphatic rings. The van der Waals surface area contributed by atoms with Crippen LogP contribution in [0.3, 0.4) is 0 Å². The second kappa shape index (κ2) is 7.05. The molecule has 1 amide bonds. The molecule has 138 valence electrons. The third-order valence-electron chi connectivity index (χ3n) is 6.07. The minimum atomic E-state index is -0.836. The normalized spacial score (nSPS) is 30.7. The Hall–Kier alpha value is -1.85. The Bertz CT molecular complexity index is 742. The van der Waals surface area contributed by atoms with Gasteiger partial charge < -0.3 is 10.0 Å². The lowest BCUT2D eigenvalue weighted by atomic mass is 9.82. The van der Waals surface area contributed by atoms with Crippen LogP contribution < -0.4 is 0 Å². The van der Waals surface area contributed by atoms with Crippen LogP contribution in [0.5, 0.6) is 0 Å². The first-order valence-electron chi connectivity index (χ1n) is 9.20. The number of aliphatic carboxylic acids is 1. The van der Waals surface area contributed by atoms with Crippen LogP contribution in [0, 0.1) is 23.7 Å². The Morgan fingerprint density at radius 2 is 1.69 bits per heavy atom. The minimum Gasteiger partial charge on any atom is -0.481 e. The Balaban J connectivity index is 1.37. The minimum absolute atomic E-state index is 0.0200. The van der Waals surface area contributed by atoms with E-state index in [1.807, 2.05) is 41.3 Å². The van der Waals surface area contributed by atoms with Gasteiger partial charge in [0.1, 0.15) is 0 Å². The zero-order valence-corrected chi connectivity index (χ0v) is 15.3. The van der Waals surface area contributed by atoms with Crippen molar-refractivity contribution in [2.24, 2.45) is 23.7 Å². The number of hydrogen-bond donors (Lipinski definition) is 1. The first-order chi connectivity index (χ1) is 12.5. The number of allylic oxidation sites excluding steroid dienone is 2. The van der Waals surface area contributed by atoms with Gasteiger partial charge in [0.2, 0.25) is 5.91 Å². The third kappa shape index (κ3) is 3.14. The molecule has 2 aliphatic carbocycles. The molecule has 1 heterocycles. The fraction of sp³-hybridized carbons (Fsp3) is 0.500. The summed E-state index contributed by atoms with van der Waals surface area (Å²) in [4.78, 5) is 28.8. The van der Waals surface area contributed by atoms with E-state index < -0.39 is 17.8 Å². The van der Waals surface area contributed by atoms with Crippen molar-refractivity contribution >= 4 is 23.5 Å². The number of carboxylic acids is 1. The molecular formula is C20H23ClN2O3. The lowest BCUT2D eigenvalue weighted by Gasteiger charge is -2.37. The summed E-state index contributed by atoms with van der Waals surface area (Å²) in [7, 11) is 0. The van der Waals surface area contributed by atoms with E-state index in [1.54, 1.807) is 0 Å². The van der Waals surface area contributed by atoms with Crippen molar-refractivity contribution in [3.8, 4) is 0 Å². The number of fused-ring (bicyclic) bond motifs is 2. The Labute approximate surface area is 158 Å². The monoisotopic (exact) mass is 374 g/mol. The molecule has 5 nitrogen and oxygen atoms in total. The summed E-state index contributed by atoms with van der Waals surface area (Å²) in [5, 5.41) is 10.3. The van der Waals surface area contributed by atoms with Crippen LogP contribution in [-0.4, -0.2) is 53.0 Å². The number of carbonyl (C=O) groups excluding carboxylic acids is 1. The summed E-state index contributed by atoms with van der Waals surface area (Å²) in [6.45, 7) is 3.63. The quantitative estimate of drug-likeness (QED) is 0.822. The fourth-order valence-electron chi connectivity index (χ4n) is 4.70. The molecule has 1 N–H and O–H groups in total. The molecule has 4 atom stereocenters. The first kappa shape index (κ1) is 17.6. The summed E-state index contributed by atoms with van der Waals surface area (Å²) in [5.74, 6) is -1.65. The average Bonchev–Trinajstić information content (AvgIpc) is 3.25. The Morgan fingerprint density at radius 3 is 2.35 bits per heavy atom. The van der Waals surface area contributed by atoms with E-state index in [1.165, 1.54) is 0 Å². The Morgan fingerprint density at radius 1 is 1.04 bits per heavy atom. The van der Waals surface area contributed by atoms with Gasteiger partial charge in [-0.2, -0.15) is 0 Å². The van der Waals surface area contributed by atoms with Crippen LogP contribution in [0.1, 0.15) is 12.0 Å². The van der Waals surface area contributed by atoms with Crippen LogP contribution in [0.15, 0.2) is 36.4 Å². The molecule has 1 saturated heterocycles. The molecular weight excluding hydrogens is 352 g/mol. The van der Waals surface area contributed by atoms with E-state index in [9.17, 15) is 14.7 Å². The standard InChI is InChI=1S/C20H23ClN2O3/c21-16-4-2-1-3-15(16)12-22-7-9-23(10-8-22)19(24)17-13-5-6-14(11-13)18(17)20(25)26/h1-6,13-14,17-18H,7-12H2,(H,25,26)/t13-,14-,17-,18+/m0/s1. The van der Waals surface area contributed by atoms with Crippen LogP contribution in [0.2, 0.25) is 5.02 Å². The predicted octanol–water partition coefficient (Wildman–Crippen LogP) is 2.51. The molecule has 1 aliphatic heterocycles. The number of carboxylic acid groups (broad SMARTS) is 1. The van der Waals surface area contributed by atoms with Crippen molar-refractivity contribution in [2.45, 2.75) is 13.0 Å². The van der Waals surface area contributed by atoms with E-state index in [0.717, 1.165) is 36.6 Å². The molecule has 4 rings (SSSR count). The fourth-order valence-corrected chi connectivity index (χ4v) is 4.90. The molecule has 0 unspecified atom stereocenters. The zero-order chi connectivity index (χ0) is 18.3. The predicted molar refractivity (Wildman–Crippen MR) is 98.7 cm³/mol. The van der Waals surface area contributed by atoms with Crippen LogP contribution >= 0.6 is 11.6 Å². The zero-order valence-electron chi connectivity index (χ0n) is 14.6. The van der Waals surface area contributed by atoms with Gasteiger partial charge in [0.15, 0.2) is 0 Å². The number of nitrogens with zero attached hydrogens (tertiary/aromatic N) is 2. The van der Waals surface area contributed by atoms with E-state index in [4.69, 9.17) is 11.6 Å². The summed E-state index contributed by atoms with van der Waals surface area (Å²) in [6.07, 6.45) is 4.83. The number of halogens is 1. The molecule has 26 heavy (non-hydrogen) atoms. The van der Waals surface area contributed by atoms with Crippen molar-refractivity contribution in [1.29, 1.82) is 0 Å². The van der Waals surface area contributed by atoms with Crippen LogP contribution in [0.4, 0.5) is 0 Å². The molecule has 1 aromatic carbocycles. The second-order valence-corrected chi connectivity index (χ2v) is 7.94. The second-order valence-electron chi connectivity index (χ2n) is 7.53. The Kier molecular flexibility index (Phi) is 4.76. The number of amides is 1. The summed E-state index contributed by atoms with van der Waals surface area (Å²) < 4.78 is 0. The highest BCUT2D eigenvalue weighted by Gasteiger charge is 2.52. The van der Waals surface area contributed by atoms with E-state index in [2.05, 4.69) is 4.90 Å². The lowest BCUT2D eigenvalue weighted by molar-refractivity contribution is -0.151. The number of benzene rings is 1. The van der Waals surface area contributed by atoms with Crippen LogP contribution in [0.25, 0.3) is 0 Å². The highest BCUT2D eigenvalue weighted by atomic mass is 35.5. The van der Waals surface area contributed by atoms with Gasteiger partial charge in [0, 0.05) is 37.7 Å². The van der Waals surface area contributed by atoms with Gasteiger partial charge in [-0.05, 0) is 29.9 Å². The van der Waals surface area contributed by atoms with Crippen LogP contribution in [-0.2, 0) is 16.1 Å². The van der Waals surface area contributed by atoms with Crippen molar-refractivity contribution < 1.29 is 14.7 Å². The molecule has 6 heteroatoms. The van der Waals surface area contributed by atoms with E-state index >= 15 is 0 Å². The maximum Gasteiger partial charge on any atom is 0.307 e. The van der Waals surface area contributed by atoms with Gasteiger partial charge in [0.25, 0.3) is 0 Å². The lowest BCUT2D eigenvalue weighted by Crippen LogP contribution is -2.52. The number of carbonyl (C=O) groups is 2. The largest absolute Gasteiger partial charge is 0.481 e. The molecule has 0 spiro atoms. The van der Waals surface area contributed by atoms with Gasteiger partial charge in [-0.15, -0.1) is 0 Å². The maximum atomic E-state index is 13.0. The van der Waals surface area contributed by atoms with Gasteiger partial charge in [0.05, 0.1) is 11.8 Å². The van der Waals surface area contributed by atoms with Gasteiger partial charge in [-0.3, -0.25) is 14.5 Å². The summed E-state index contributed by atoms with van der Waals surface area (Å²) in [6, 6.07) is 7.82. The number of rotatable bonds is 4. The first-order valence-corrected chi connectivity index (χ1v) is 9.58.